The number of nitrogens with zero attached hydrogens (tertiary/aromatic N) is 1. The zero-order valence-corrected chi connectivity index (χ0v) is 21.3. The molecule has 0 amide bonds. The Morgan fingerprint density at radius 1 is 1.05 bits per heavy atom. The molecule has 3 atom stereocenters. The number of esters is 1. The highest BCUT2D eigenvalue weighted by molar-refractivity contribution is 5.75. The number of halogens is 3. The zero-order valence-electron chi connectivity index (χ0n) is 21.3. The van der Waals surface area contributed by atoms with Crippen LogP contribution in [0.5, 0.6) is 5.75 Å². The maximum absolute atomic E-state index is 12.9. The third kappa shape index (κ3) is 7.46. The lowest BCUT2D eigenvalue weighted by atomic mass is 10.1. The SMILES string of the molecule is CCOC(=O)[C@H](Cc1ccc(OCCNC2C3CN(Cc4cccc(C(F)(F)F)c4)CC32)cc1)OCC. The van der Waals surface area contributed by atoms with Crippen molar-refractivity contribution in [3.63, 3.8) is 0 Å². The van der Waals surface area contributed by atoms with Crippen LogP contribution in [0.4, 0.5) is 13.2 Å². The van der Waals surface area contributed by atoms with Gasteiger partial charge in [-0.15, -0.1) is 0 Å². The lowest BCUT2D eigenvalue weighted by Gasteiger charge is -2.20. The van der Waals surface area contributed by atoms with Crippen LogP contribution in [0.15, 0.2) is 48.5 Å². The predicted molar refractivity (Wildman–Crippen MR) is 133 cm³/mol. The maximum atomic E-state index is 12.9. The fourth-order valence-electron chi connectivity index (χ4n) is 5.13. The van der Waals surface area contributed by atoms with Crippen LogP contribution in [-0.4, -0.2) is 62.5 Å². The first-order valence-electron chi connectivity index (χ1n) is 12.9. The van der Waals surface area contributed by atoms with E-state index in [0.717, 1.165) is 37.0 Å². The summed E-state index contributed by atoms with van der Waals surface area (Å²) in [5, 5.41) is 3.55. The van der Waals surface area contributed by atoms with Crippen LogP contribution in [-0.2, 0) is 33.4 Å². The minimum absolute atomic E-state index is 0.323. The van der Waals surface area contributed by atoms with Gasteiger partial charge in [-0.3, -0.25) is 4.90 Å². The van der Waals surface area contributed by atoms with E-state index in [2.05, 4.69) is 10.2 Å². The highest BCUT2D eigenvalue weighted by Crippen LogP contribution is 2.45. The third-order valence-electron chi connectivity index (χ3n) is 6.94. The normalized spacial score (nSPS) is 21.9. The maximum Gasteiger partial charge on any atom is 0.416 e. The van der Waals surface area contributed by atoms with Crippen molar-refractivity contribution in [2.45, 2.75) is 45.1 Å². The quantitative estimate of drug-likeness (QED) is 0.314. The molecule has 0 aromatic heterocycles. The van der Waals surface area contributed by atoms with Crippen LogP contribution >= 0.6 is 0 Å². The Kier molecular flexibility index (Phi) is 9.10. The molecule has 2 aromatic rings. The second kappa shape index (κ2) is 12.3. The molecule has 2 fully saturated rings. The van der Waals surface area contributed by atoms with E-state index in [1.165, 1.54) is 12.1 Å². The van der Waals surface area contributed by atoms with E-state index in [0.29, 0.717) is 56.2 Å². The molecule has 1 saturated heterocycles. The molecular weight excluding hydrogens is 485 g/mol. The van der Waals surface area contributed by atoms with Gasteiger partial charge in [-0.2, -0.15) is 13.2 Å². The van der Waals surface area contributed by atoms with Crippen molar-refractivity contribution in [2.75, 3.05) is 39.5 Å². The molecule has 202 valence electrons. The van der Waals surface area contributed by atoms with Gasteiger partial charge < -0.3 is 19.5 Å². The van der Waals surface area contributed by atoms with E-state index in [9.17, 15) is 18.0 Å². The number of benzene rings is 2. The van der Waals surface area contributed by atoms with Crippen LogP contribution in [0.1, 0.15) is 30.5 Å². The van der Waals surface area contributed by atoms with Crippen molar-refractivity contribution in [1.29, 1.82) is 0 Å². The number of likely N-dealkylation sites (tertiary alicyclic amines) is 1. The van der Waals surface area contributed by atoms with Crippen molar-refractivity contribution in [1.82, 2.24) is 10.2 Å². The number of nitrogens with one attached hydrogen (secondary N) is 1. The van der Waals surface area contributed by atoms with Crippen molar-refractivity contribution in [3.05, 3.63) is 65.2 Å². The highest BCUT2D eigenvalue weighted by Gasteiger charge is 2.55. The number of hydrogen-bond acceptors (Lipinski definition) is 6. The number of rotatable bonds is 13. The van der Waals surface area contributed by atoms with Gasteiger partial charge in [-0.1, -0.05) is 30.3 Å². The number of hydrogen-bond donors (Lipinski definition) is 1. The molecular formula is C28H35F3N2O4. The summed E-state index contributed by atoms with van der Waals surface area (Å²) in [4.78, 5) is 14.3. The molecule has 1 aliphatic carbocycles. The summed E-state index contributed by atoms with van der Waals surface area (Å²) in [7, 11) is 0. The minimum atomic E-state index is -4.31. The number of ether oxygens (including phenoxy) is 3. The van der Waals surface area contributed by atoms with Gasteiger partial charge in [-0.05, 0) is 55.0 Å². The topological polar surface area (TPSA) is 60.0 Å². The lowest BCUT2D eigenvalue weighted by molar-refractivity contribution is -0.156. The van der Waals surface area contributed by atoms with Gasteiger partial charge in [0.2, 0.25) is 0 Å². The highest BCUT2D eigenvalue weighted by atomic mass is 19.4. The number of carbonyl (C=O) groups is 1. The van der Waals surface area contributed by atoms with Gasteiger partial charge in [0.1, 0.15) is 12.4 Å². The summed E-state index contributed by atoms with van der Waals surface area (Å²) in [5.74, 6) is 1.50. The Labute approximate surface area is 216 Å². The van der Waals surface area contributed by atoms with Gasteiger partial charge in [0, 0.05) is 45.2 Å². The lowest BCUT2D eigenvalue weighted by Crippen LogP contribution is -2.33. The molecule has 2 aromatic carbocycles. The molecule has 1 N–H and O–H groups in total. The van der Waals surface area contributed by atoms with Crippen molar-refractivity contribution >= 4 is 5.97 Å². The second-order valence-corrected chi connectivity index (χ2v) is 9.59. The van der Waals surface area contributed by atoms with Gasteiger partial charge in [-0.25, -0.2) is 4.79 Å². The molecule has 2 unspecified atom stereocenters. The fraction of sp³-hybridized carbons (Fsp3) is 0.536. The summed E-state index contributed by atoms with van der Waals surface area (Å²) in [6, 6.07) is 13.7. The van der Waals surface area contributed by atoms with Crippen LogP contribution in [0.25, 0.3) is 0 Å². The summed E-state index contributed by atoms with van der Waals surface area (Å²) in [5.41, 5.74) is 1.08. The number of piperidine rings is 1. The van der Waals surface area contributed by atoms with E-state index >= 15 is 0 Å². The van der Waals surface area contributed by atoms with E-state index in [1.54, 1.807) is 13.0 Å². The van der Waals surface area contributed by atoms with E-state index in [4.69, 9.17) is 14.2 Å². The number of alkyl halides is 3. The molecule has 0 bridgehead atoms. The van der Waals surface area contributed by atoms with Crippen LogP contribution in [0.2, 0.25) is 0 Å². The van der Waals surface area contributed by atoms with Crippen LogP contribution in [0, 0.1) is 11.8 Å². The average molecular weight is 521 g/mol. The van der Waals surface area contributed by atoms with Gasteiger partial charge in [0.25, 0.3) is 0 Å². The van der Waals surface area contributed by atoms with Gasteiger partial charge in [0.05, 0.1) is 12.2 Å². The Morgan fingerprint density at radius 2 is 1.78 bits per heavy atom. The minimum Gasteiger partial charge on any atom is -0.492 e. The third-order valence-corrected chi connectivity index (χ3v) is 6.94. The second-order valence-electron chi connectivity index (χ2n) is 9.59. The summed E-state index contributed by atoms with van der Waals surface area (Å²) >= 11 is 0. The van der Waals surface area contributed by atoms with Crippen LogP contribution < -0.4 is 10.1 Å². The van der Waals surface area contributed by atoms with E-state index < -0.39 is 17.8 Å². The van der Waals surface area contributed by atoms with E-state index in [-0.39, 0.29) is 5.97 Å². The van der Waals surface area contributed by atoms with Gasteiger partial charge in [0.15, 0.2) is 6.10 Å². The Morgan fingerprint density at radius 3 is 2.43 bits per heavy atom. The standard InChI is InChI=1S/C28H35F3N2O4/c1-3-35-25(27(34)36-4-2)15-19-8-10-22(11-9-19)37-13-12-32-26-23-17-33(18-24(23)26)16-20-6-5-7-21(14-20)28(29,30)31/h5-11,14,23-26,32H,3-4,12-13,15-18H2,1-2H3/t23?,24?,25-,26?/m0/s1. The molecule has 6 nitrogen and oxygen atoms in total. The zero-order chi connectivity index (χ0) is 26.4. The molecule has 4 rings (SSSR count). The molecule has 9 heteroatoms. The molecule has 2 aliphatic rings. The number of carbonyl (C=O) groups excluding carboxylic acids is 1. The molecule has 1 saturated carbocycles. The smallest absolute Gasteiger partial charge is 0.416 e. The predicted octanol–water partition coefficient (Wildman–Crippen LogP) is 4.31. The molecule has 1 heterocycles. The summed E-state index contributed by atoms with van der Waals surface area (Å²) < 4.78 is 55.3. The summed E-state index contributed by atoms with van der Waals surface area (Å²) in [6.45, 7) is 7.99. The first kappa shape index (κ1) is 27.4. The first-order valence-corrected chi connectivity index (χ1v) is 12.9. The monoisotopic (exact) mass is 520 g/mol. The van der Waals surface area contributed by atoms with Crippen LogP contribution in [0.3, 0.4) is 0 Å². The van der Waals surface area contributed by atoms with Crippen molar-refractivity contribution in [2.24, 2.45) is 11.8 Å². The largest absolute Gasteiger partial charge is 0.492 e. The molecule has 1 aliphatic heterocycles. The first-order chi connectivity index (χ1) is 17.8. The fourth-order valence-corrected chi connectivity index (χ4v) is 5.13. The van der Waals surface area contributed by atoms with Gasteiger partial charge >= 0.3 is 12.1 Å². The molecule has 0 spiro atoms. The Bertz CT molecular complexity index is 1020. The Hall–Kier alpha value is -2.62. The average Bonchev–Trinajstić information content (AvgIpc) is 3.32. The molecule has 37 heavy (non-hydrogen) atoms. The van der Waals surface area contributed by atoms with Crippen molar-refractivity contribution < 1.29 is 32.2 Å². The summed E-state index contributed by atoms with van der Waals surface area (Å²) in [6.07, 6.45) is -4.47. The molecule has 0 radical (unpaired) electrons. The van der Waals surface area contributed by atoms with Crippen molar-refractivity contribution in [3.8, 4) is 5.75 Å². The van der Waals surface area contributed by atoms with E-state index in [1.807, 2.05) is 31.2 Å². The Balaban J connectivity index is 1.13. The number of fused-ring (bicyclic) bond motifs is 1.